The molecule has 0 saturated carbocycles. The second-order valence-corrected chi connectivity index (χ2v) is 6.67. The molecule has 0 aliphatic carbocycles. The summed E-state index contributed by atoms with van der Waals surface area (Å²) in [6.07, 6.45) is 4.66. The molecule has 0 N–H and O–H groups in total. The fourth-order valence-electron chi connectivity index (χ4n) is 2.97. The Morgan fingerprint density at radius 3 is 2.48 bits per heavy atom. The summed E-state index contributed by atoms with van der Waals surface area (Å²) < 4.78 is 0. The molecule has 0 bridgehead atoms. The smallest absolute Gasteiger partial charge is 0.242 e. The number of benzene rings is 1. The summed E-state index contributed by atoms with van der Waals surface area (Å²) in [4.78, 5) is 27.8. The van der Waals surface area contributed by atoms with E-state index in [9.17, 15) is 9.59 Å². The van der Waals surface area contributed by atoms with Crippen molar-refractivity contribution in [3.05, 3.63) is 35.9 Å². The van der Waals surface area contributed by atoms with E-state index in [2.05, 4.69) is 19.1 Å². The quantitative estimate of drug-likeness (QED) is 0.776. The van der Waals surface area contributed by atoms with Gasteiger partial charge in [0.15, 0.2) is 0 Å². The summed E-state index contributed by atoms with van der Waals surface area (Å²) in [5.74, 6) is 0.473. The highest BCUT2D eigenvalue weighted by Crippen LogP contribution is 2.14. The van der Waals surface area contributed by atoms with Crippen molar-refractivity contribution in [2.24, 2.45) is 5.92 Å². The molecular formula is C19H28N2O2. The standard InChI is InChI=1S/C19H28N2O2/c1-16(10-11-17-8-4-3-5-9-17)14-18(22)20(2)15-19(23)21-12-6-7-13-21/h3-5,8-9,16H,6-7,10-15H2,1-2H3/t16-/m1/s1. The van der Waals surface area contributed by atoms with Crippen LogP contribution in [0.5, 0.6) is 0 Å². The number of nitrogens with zero attached hydrogens (tertiary/aromatic N) is 2. The molecule has 1 heterocycles. The maximum atomic E-state index is 12.3. The zero-order valence-electron chi connectivity index (χ0n) is 14.3. The minimum absolute atomic E-state index is 0.0677. The van der Waals surface area contributed by atoms with Crippen LogP contribution >= 0.6 is 0 Å². The Kier molecular flexibility index (Phi) is 6.63. The van der Waals surface area contributed by atoms with Crippen LogP contribution < -0.4 is 0 Å². The van der Waals surface area contributed by atoms with Crippen LogP contribution in [0.1, 0.15) is 38.2 Å². The van der Waals surface area contributed by atoms with Crippen LogP contribution in [0.4, 0.5) is 0 Å². The van der Waals surface area contributed by atoms with Gasteiger partial charge in [0, 0.05) is 26.6 Å². The van der Waals surface area contributed by atoms with E-state index in [0.717, 1.165) is 38.8 Å². The average molecular weight is 316 g/mol. The first-order valence-electron chi connectivity index (χ1n) is 8.62. The molecule has 2 rings (SSSR count). The fourth-order valence-corrected chi connectivity index (χ4v) is 2.97. The molecule has 0 spiro atoms. The minimum Gasteiger partial charge on any atom is -0.341 e. The van der Waals surface area contributed by atoms with Gasteiger partial charge in [0.25, 0.3) is 0 Å². The van der Waals surface area contributed by atoms with Gasteiger partial charge in [-0.2, -0.15) is 0 Å². The summed E-state index contributed by atoms with van der Waals surface area (Å²) in [5.41, 5.74) is 1.31. The number of carbonyl (C=O) groups excluding carboxylic acids is 2. The lowest BCUT2D eigenvalue weighted by molar-refractivity contribution is -0.139. The van der Waals surface area contributed by atoms with Crippen molar-refractivity contribution in [1.29, 1.82) is 0 Å². The third-order valence-electron chi connectivity index (χ3n) is 4.55. The van der Waals surface area contributed by atoms with E-state index in [-0.39, 0.29) is 18.4 Å². The van der Waals surface area contributed by atoms with Gasteiger partial charge in [0.05, 0.1) is 6.54 Å². The maximum absolute atomic E-state index is 12.3. The summed E-state index contributed by atoms with van der Waals surface area (Å²) >= 11 is 0. The van der Waals surface area contributed by atoms with Gasteiger partial charge in [-0.3, -0.25) is 9.59 Å². The van der Waals surface area contributed by atoms with Crippen LogP contribution in [0, 0.1) is 5.92 Å². The predicted molar refractivity (Wildman–Crippen MR) is 92.0 cm³/mol. The van der Waals surface area contributed by atoms with Crippen LogP contribution in [0.15, 0.2) is 30.3 Å². The first kappa shape index (κ1) is 17.5. The lowest BCUT2D eigenvalue weighted by Gasteiger charge is -2.22. The topological polar surface area (TPSA) is 40.6 Å². The van der Waals surface area contributed by atoms with Crippen LogP contribution in [0.3, 0.4) is 0 Å². The van der Waals surface area contributed by atoms with E-state index < -0.39 is 0 Å². The van der Waals surface area contributed by atoms with Gasteiger partial charge >= 0.3 is 0 Å². The SMILES string of the molecule is C[C@H](CCc1ccccc1)CC(=O)N(C)CC(=O)N1CCCC1. The van der Waals surface area contributed by atoms with Crippen molar-refractivity contribution in [2.45, 2.75) is 39.0 Å². The largest absolute Gasteiger partial charge is 0.341 e. The molecule has 4 heteroatoms. The molecule has 1 aromatic rings. The molecule has 1 aromatic carbocycles. The number of rotatable bonds is 7. The Labute approximate surface area is 139 Å². The molecule has 1 aliphatic heterocycles. The van der Waals surface area contributed by atoms with Gasteiger partial charge < -0.3 is 9.80 Å². The van der Waals surface area contributed by atoms with E-state index in [4.69, 9.17) is 0 Å². The van der Waals surface area contributed by atoms with Crippen molar-refractivity contribution in [2.75, 3.05) is 26.7 Å². The normalized spacial score (nSPS) is 15.5. The first-order valence-corrected chi connectivity index (χ1v) is 8.62. The van der Waals surface area contributed by atoms with E-state index in [1.807, 2.05) is 23.1 Å². The Morgan fingerprint density at radius 1 is 1.17 bits per heavy atom. The van der Waals surface area contributed by atoms with Gasteiger partial charge in [-0.05, 0) is 37.2 Å². The van der Waals surface area contributed by atoms with Crippen molar-refractivity contribution in [1.82, 2.24) is 9.80 Å². The third-order valence-corrected chi connectivity index (χ3v) is 4.55. The van der Waals surface area contributed by atoms with Gasteiger partial charge in [0.2, 0.25) is 11.8 Å². The zero-order valence-corrected chi connectivity index (χ0v) is 14.3. The summed E-state index contributed by atoms with van der Waals surface area (Å²) in [6.45, 7) is 4.00. The lowest BCUT2D eigenvalue weighted by Crippen LogP contribution is -2.40. The molecule has 0 radical (unpaired) electrons. The first-order chi connectivity index (χ1) is 11.1. The summed E-state index contributed by atoms with van der Waals surface area (Å²) in [5, 5.41) is 0. The van der Waals surface area contributed by atoms with Gasteiger partial charge in [0.1, 0.15) is 0 Å². The van der Waals surface area contributed by atoms with Gasteiger partial charge in [-0.15, -0.1) is 0 Å². The van der Waals surface area contributed by atoms with Crippen LogP contribution in [-0.2, 0) is 16.0 Å². The van der Waals surface area contributed by atoms with E-state index >= 15 is 0 Å². The lowest BCUT2D eigenvalue weighted by atomic mass is 9.98. The number of aryl methyl sites for hydroxylation is 1. The second-order valence-electron chi connectivity index (χ2n) is 6.67. The maximum Gasteiger partial charge on any atom is 0.242 e. The molecule has 0 aromatic heterocycles. The highest BCUT2D eigenvalue weighted by atomic mass is 16.2. The summed E-state index contributed by atoms with van der Waals surface area (Å²) in [6, 6.07) is 10.3. The fraction of sp³-hybridized carbons (Fsp3) is 0.579. The zero-order chi connectivity index (χ0) is 16.7. The number of amides is 2. The number of likely N-dealkylation sites (tertiary alicyclic amines) is 1. The van der Waals surface area contributed by atoms with Crippen molar-refractivity contribution >= 4 is 11.8 Å². The molecule has 1 aliphatic rings. The van der Waals surface area contributed by atoms with Gasteiger partial charge in [-0.25, -0.2) is 0 Å². The van der Waals surface area contributed by atoms with Crippen molar-refractivity contribution in [3.8, 4) is 0 Å². The third kappa shape index (κ3) is 5.70. The molecule has 1 fully saturated rings. The average Bonchev–Trinajstić information content (AvgIpc) is 3.08. The number of likely N-dealkylation sites (N-methyl/N-ethyl adjacent to an activating group) is 1. The Bertz CT molecular complexity index is 509. The minimum atomic E-state index is 0.0677. The predicted octanol–water partition coefficient (Wildman–Crippen LogP) is 2.73. The van der Waals surface area contributed by atoms with Crippen molar-refractivity contribution in [3.63, 3.8) is 0 Å². The van der Waals surface area contributed by atoms with E-state index in [1.54, 1.807) is 11.9 Å². The van der Waals surface area contributed by atoms with Gasteiger partial charge in [-0.1, -0.05) is 37.3 Å². The molecule has 2 amide bonds. The Hall–Kier alpha value is -1.84. The van der Waals surface area contributed by atoms with Crippen LogP contribution in [-0.4, -0.2) is 48.3 Å². The highest BCUT2D eigenvalue weighted by Gasteiger charge is 2.21. The molecule has 126 valence electrons. The molecular weight excluding hydrogens is 288 g/mol. The monoisotopic (exact) mass is 316 g/mol. The molecule has 4 nitrogen and oxygen atoms in total. The Balaban J connectivity index is 1.70. The molecule has 0 unspecified atom stereocenters. The van der Waals surface area contributed by atoms with E-state index in [0.29, 0.717) is 12.3 Å². The Morgan fingerprint density at radius 2 is 1.83 bits per heavy atom. The second kappa shape index (κ2) is 8.70. The highest BCUT2D eigenvalue weighted by molar-refractivity contribution is 5.84. The molecule has 23 heavy (non-hydrogen) atoms. The van der Waals surface area contributed by atoms with Crippen molar-refractivity contribution < 1.29 is 9.59 Å². The number of carbonyl (C=O) groups is 2. The summed E-state index contributed by atoms with van der Waals surface area (Å²) in [7, 11) is 1.74. The number of hydrogen-bond acceptors (Lipinski definition) is 2. The van der Waals surface area contributed by atoms with Crippen LogP contribution in [0.2, 0.25) is 0 Å². The molecule has 1 saturated heterocycles. The van der Waals surface area contributed by atoms with Crippen LogP contribution in [0.25, 0.3) is 0 Å². The number of hydrogen-bond donors (Lipinski definition) is 0. The molecule has 1 atom stereocenters. The van der Waals surface area contributed by atoms with E-state index in [1.165, 1.54) is 5.56 Å².